The lowest BCUT2D eigenvalue weighted by Crippen LogP contribution is -2.26. The quantitative estimate of drug-likeness (QED) is 0.445. The largest absolute Gasteiger partial charge is 0.496 e. The van der Waals surface area contributed by atoms with E-state index in [-0.39, 0.29) is 5.92 Å². The van der Waals surface area contributed by atoms with Crippen LogP contribution in [0.15, 0.2) is 37.0 Å². The fourth-order valence-corrected chi connectivity index (χ4v) is 4.95. The first-order chi connectivity index (χ1) is 15.9. The summed E-state index contributed by atoms with van der Waals surface area (Å²) in [6, 6.07) is 8.60. The van der Waals surface area contributed by atoms with Gasteiger partial charge in [0.1, 0.15) is 5.75 Å². The van der Waals surface area contributed by atoms with Crippen LogP contribution in [-0.2, 0) is 6.42 Å². The third-order valence-electron chi connectivity index (χ3n) is 6.82. The third kappa shape index (κ3) is 5.02. The number of aryl methyl sites for hydroxylation is 1. The Hall–Kier alpha value is -2.95. The second-order valence-corrected chi connectivity index (χ2v) is 9.25. The van der Waals surface area contributed by atoms with E-state index in [4.69, 9.17) is 10.5 Å². The molecule has 1 aliphatic rings. The molecule has 0 saturated carbocycles. The van der Waals surface area contributed by atoms with Crippen molar-refractivity contribution in [2.45, 2.75) is 59.3 Å². The number of hydrogen-bond donors (Lipinski definition) is 2. The number of nitrogens with two attached hydrogens (primary N) is 1. The second-order valence-electron chi connectivity index (χ2n) is 9.25. The van der Waals surface area contributed by atoms with Gasteiger partial charge in [-0.2, -0.15) is 0 Å². The first-order valence-electron chi connectivity index (χ1n) is 12.2. The zero-order valence-electron chi connectivity index (χ0n) is 20.8. The summed E-state index contributed by atoms with van der Waals surface area (Å²) in [6.45, 7) is 14.5. The van der Waals surface area contributed by atoms with Gasteiger partial charge in [-0.05, 0) is 77.8 Å². The lowest BCUT2D eigenvalue weighted by atomic mass is 9.84. The predicted molar refractivity (Wildman–Crippen MR) is 139 cm³/mol. The van der Waals surface area contributed by atoms with Crippen molar-refractivity contribution in [3.05, 3.63) is 53.7 Å². The number of carbonyl (C=O) groups excluding carboxylic acids is 1. The van der Waals surface area contributed by atoms with E-state index in [2.05, 4.69) is 68.8 Å². The molecule has 1 saturated heterocycles. The summed E-state index contributed by atoms with van der Waals surface area (Å²) in [7, 11) is 1.72. The van der Waals surface area contributed by atoms with E-state index < -0.39 is 5.91 Å². The normalized spacial score (nSPS) is 16.5. The number of methoxy groups -OCH3 is 1. The molecule has 3 N–H and O–H groups in total. The molecule has 1 amide bonds. The smallest absolute Gasteiger partial charge is 0.252 e. The molecule has 0 radical (unpaired) electrons. The molecule has 0 aliphatic carbocycles. The Balaban J connectivity index is 2.36. The van der Waals surface area contributed by atoms with Crippen molar-refractivity contribution in [3.63, 3.8) is 0 Å². The Morgan fingerprint density at radius 3 is 2.67 bits per heavy atom. The van der Waals surface area contributed by atoms with Gasteiger partial charge < -0.3 is 20.7 Å². The van der Waals surface area contributed by atoms with Gasteiger partial charge in [0.15, 0.2) is 0 Å². The predicted octanol–water partition coefficient (Wildman–Crippen LogP) is 6.33. The highest BCUT2D eigenvalue weighted by Gasteiger charge is 2.29. The van der Waals surface area contributed by atoms with Gasteiger partial charge in [0.25, 0.3) is 5.91 Å². The molecular formula is C28H39N3O2. The number of nitrogens with zero attached hydrogens (tertiary/aromatic N) is 1. The number of carbonyl (C=O) groups is 1. The number of primary amides is 1. The SMILES string of the molecule is C=CNc1c(C(N)=O)c(N2CC[C@H](C)C2)cc(-c2ccc(OC)c(CCC)c2)c1C(C)CC. The van der Waals surface area contributed by atoms with Crippen LogP contribution in [0.2, 0.25) is 0 Å². The van der Waals surface area contributed by atoms with E-state index >= 15 is 0 Å². The standard InChI is InChI=1S/C28H39N3O2/c1-7-10-21-15-20(11-12-24(21)33-6)22-16-23(31-14-13-18(4)17-31)26(28(29)32)27(30-9-3)25(22)19(5)8-2/h9,11-12,15-16,18-19,30H,3,7-8,10,13-14,17H2,1-2,4-6H3,(H2,29,32)/t18-,19?/m0/s1. The molecule has 1 fully saturated rings. The van der Waals surface area contributed by atoms with Gasteiger partial charge >= 0.3 is 0 Å². The van der Waals surface area contributed by atoms with E-state index in [1.54, 1.807) is 13.3 Å². The number of amides is 1. The Kier molecular flexibility index (Phi) is 8.06. The summed E-state index contributed by atoms with van der Waals surface area (Å²) in [5.41, 5.74) is 12.8. The average molecular weight is 450 g/mol. The van der Waals surface area contributed by atoms with Crippen molar-refractivity contribution in [2.75, 3.05) is 30.4 Å². The van der Waals surface area contributed by atoms with Crippen LogP contribution >= 0.6 is 0 Å². The topological polar surface area (TPSA) is 67.6 Å². The molecule has 0 bridgehead atoms. The van der Waals surface area contributed by atoms with Gasteiger partial charge in [-0.3, -0.25) is 4.79 Å². The zero-order chi connectivity index (χ0) is 24.1. The average Bonchev–Trinajstić information content (AvgIpc) is 3.24. The summed E-state index contributed by atoms with van der Waals surface area (Å²) in [5.74, 6) is 1.31. The van der Waals surface area contributed by atoms with Gasteiger partial charge in [-0.25, -0.2) is 0 Å². The molecule has 33 heavy (non-hydrogen) atoms. The van der Waals surface area contributed by atoms with Crippen LogP contribution in [0.25, 0.3) is 11.1 Å². The van der Waals surface area contributed by atoms with Crippen LogP contribution in [0.1, 0.15) is 74.4 Å². The van der Waals surface area contributed by atoms with Crippen LogP contribution in [0.3, 0.4) is 0 Å². The van der Waals surface area contributed by atoms with Gasteiger partial charge in [0.2, 0.25) is 0 Å². The maximum atomic E-state index is 12.8. The number of anilines is 2. The van der Waals surface area contributed by atoms with E-state index in [1.165, 1.54) is 5.56 Å². The summed E-state index contributed by atoms with van der Waals surface area (Å²) >= 11 is 0. The molecule has 178 valence electrons. The molecule has 5 nitrogen and oxygen atoms in total. The fourth-order valence-electron chi connectivity index (χ4n) is 4.95. The van der Waals surface area contributed by atoms with E-state index in [0.29, 0.717) is 11.5 Å². The molecule has 1 unspecified atom stereocenters. The minimum Gasteiger partial charge on any atom is -0.496 e. The van der Waals surface area contributed by atoms with E-state index in [1.807, 2.05) is 0 Å². The van der Waals surface area contributed by atoms with Gasteiger partial charge in [0, 0.05) is 13.1 Å². The lowest BCUT2D eigenvalue weighted by molar-refractivity contribution is 0.100. The Labute approximate surface area is 199 Å². The summed E-state index contributed by atoms with van der Waals surface area (Å²) < 4.78 is 5.62. The van der Waals surface area contributed by atoms with Crippen molar-refractivity contribution in [1.29, 1.82) is 0 Å². The van der Waals surface area contributed by atoms with Crippen molar-refractivity contribution in [2.24, 2.45) is 11.7 Å². The van der Waals surface area contributed by atoms with Gasteiger partial charge in [0.05, 0.1) is 24.0 Å². The Bertz CT molecular complexity index is 1010. The highest BCUT2D eigenvalue weighted by molar-refractivity contribution is 6.07. The van der Waals surface area contributed by atoms with Gasteiger partial charge in [-0.1, -0.05) is 46.8 Å². The van der Waals surface area contributed by atoms with Crippen LogP contribution < -0.4 is 20.7 Å². The Morgan fingerprint density at radius 1 is 1.36 bits per heavy atom. The number of ether oxygens (including phenoxy) is 1. The zero-order valence-corrected chi connectivity index (χ0v) is 20.8. The van der Waals surface area contributed by atoms with E-state index in [9.17, 15) is 4.79 Å². The van der Waals surface area contributed by atoms with Crippen molar-refractivity contribution >= 4 is 17.3 Å². The first kappa shape index (κ1) is 24.7. The van der Waals surface area contributed by atoms with Crippen LogP contribution in [0.4, 0.5) is 11.4 Å². The third-order valence-corrected chi connectivity index (χ3v) is 6.82. The lowest BCUT2D eigenvalue weighted by Gasteiger charge is -2.29. The summed E-state index contributed by atoms with van der Waals surface area (Å²) in [6.07, 6.45) is 5.68. The number of benzene rings is 2. The molecule has 3 rings (SSSR count). The van der Waals surface area contributed by atoms with Crippen LogP contribution in [0, 0.1) is 5.92 Å². The van der Waals surface area contributed by atoms with Gasteiger partial charge in [-0.15, -0.1) is 0 Å². The summed E-state index contributed by atoms with van der Waals surface area (Å²) in [4.78, 5) is 15.1. The molecular weight excluding hydrogens is 410 g/mol. The maximum absolute atomic E-state index is 12.8. The highest BCUT2D eigenvalue weighted by Crippen LogP contribution is 2.45. The van der Waals surface area contributed by atoms with Crippen molar-refractivity contribution < 1.29 is 9.53 Å². The molecule has 1 heterocycles. The van der Waals surface area contributed by atoms with E-state index in [0.717, 1.165) is 72.6 Å². The molecule has 5 heteroatoms. The number of nitrogens with one attached hydrogen (secondary N) is 1. The molecule has 1 aliphatic heterocycles. The Morgan fingerprint density at radius 2 is 2.12 bits per heavy atom. The van der Waals surface area contributed by atoms with Crippen LogP contribution in [-0.4, -0.2) is 26.1 Å². The highest BCUT2D eigenvalue weighted by atomic mass is 16.5. The molecule has 2 aromatic rings. The minimum atomic E-state index is -0.411. The monoisotopic (exact) mass is 449 g/mol. The maximum Gasteiger partial charge on any atom is 0.252 e. The fraction of sp³-hybridized carbons (Fsp3) is 0.464. The molecule has 2 aromatic carbocycles. The minimum absolute atomic E-state index is 0.226. The molecule has 2 atom stereocenters. The molecule has 0 spiro atoms. The number of rotatable bonds is 10. The molecule has 0 aromatic heterocycles. The van der Waals surface area contributed by atoms with Crippen molar-refractivity contribution in [1.82, 2.24) is 0 Å². The number of hydrogen-bond acceptors (Lipinski definition) is 4. The van der Waals surface area contributed by atoms with Crippen molar-refractivity contribution in [3.8, 4) is 16.9 Å². The first-order valence-corrected chi connectivity index (χ1v) is 12.2. The summed E-state index contributed by atoms with van der Waals surface area (Å²) in [5, 5.41) is 3.30. The van der Waals surface area contributed by atoms with Crippen LogP contribution in [0.5, 0.6) is 5.75 Å². The second kappa shape index (κ2) is 10.8.